The van der Waals surface area contributed by atoms with E-state index in [1.165, 1.54) is 12.1 Å². The van der Waals surface area contributed by atoms with Crippen LogP contribution in [0.15, 0.2) is 60.7 Å². The highest BCUT2D eigenvalue weighted by molar-refractivity contribution is 6.35. The molecule has 0 radical (unpaired) electrons. The van der Waals surface area contributed by atoms with Gasteiger partial charge in [-0.1, -0.05) is 30.3 Å². The lowest BCUT2D eigenvalue weighted by atomic mass is 10.0. The molecule has 3 aromatic rings. The zero-order valence-electron chi connectivity index (χ0n) is 19.9. The average molecular weight is 471 g/mol. The molecule has 0 aliphatic carbocycles. The number of carbonyl (C=O) groups excluding carboxylic acids is 3. The lowest BCUT2D eigenvalue weighted by molar-refractivity contribution is 0.0922. The monoisotopic (exact) mass is 470 g/mol. The summed E-state index contributed by atoms with van der Waals surface area (Å²) in [4.78, 5) is 39.8. The van der Waals surface area contributed by atoms with Gasteiger partial charge in [0.15, 0.2) is 11.5 Å². The lowest BCUT2D eigenvalue weighted by Gasteiger charge is -2.18. The minimum absolute atomic E-state index is 0.224. The summed E-state index contributed by atoms with van der Waals surface area (Å²) in [6, 6.07) is 17.6. The Morgan fingerprint density at radius 1 is 1.03 bits per heavy atom. The first-order valence-electron chi connectivity index (χ1n) is 11.6. The van der Waals surface area contributed by atoms with Gasteiger partial charge in [-0.25, -0.2) is 4.90 Å². The summed E-state index contributed by atoms with van der Waals surface area (Å²) in [5.74, 6) is 0.240. The Kier molecular flexibility index (Phi) is 5.55. The Hall–Kier alpha value is -4.13. The number of amides is 3. The van der Waals surface area contributed by atoms with Crippen molar-refractivity contribution in [1.29, 1.82) is 0 Å². The summed E-state index contributed by atoms with van der Waals surface area (Å²) in [5, 5.41) is 2.81. The molecule has 7 heteroatoms. The second kappa shape index (κ2) is 8.58. The summed E-state index contributed by atoms with van der Waals surface area (Å²) in [6.07, 6.45) is 0.817. The molecule has 0 atom stereocenters. The molecular weight excluding hydrogens is 444 g/mol. The third-order valence-electron chi connectivity index (χ3n) is 6.21. The Balaban J connectivity index is 1.23. The van der Waals surface area contributed by atoms with E-state index in [0.717, 1.165) is 28.2 Å². The number of aryl methyl sites for hydroxylation is 1. The van der Waals surface area contributed by atoms with Gasteiger partial charge in [-0.2, -0.15) is 0 Å². The van der Waals surface area contributed by atoms with Gasteiger partial charge < -0.3 is 14.8 Å². The highest BCUT2D eigenvalue weighted by atomic mass is 16.5. The molecule has 0 unspecified atom stereocenters. The fourth-order valence-electron chi connectivity index (χ4n) is 4.54. The van der Waals surface area contributed by atoms with E-state index in [1.807, 2.05) is 51.1 Å². The van der Waals surface area contributed by atoms with Crippen LogP contribution in [-0.4, -0.2) is 36.5 Å². The van der Waals surface area contributed by atoms with Gasteiger partial charge in [0.2, 0.25) is 0 Å². The molecule has 2 heterocycles. The number of imide groups is 1. The molecule has 0 fully saturated rings. The molecule has 0 spiro atoms. The summed E-state index contributed by atoms with van der Waals surface area (Å²) < 4.78 is 11.9. The number of hydrogen-bond donors (Lipinski definition) is 1. The van der Waals surface area contributed by atoms with Crippen LogP contribution in [0.1, 0.15) is 56.0 Å². The van der Waals surface area contributed by atoms with Crippen molar-refractivity contribution in [2.24, 2.45) is 0 Å². The van der Waals surface area contributed by atoms with Crippen molar-refractivity contribution in [2.75, 3.05) is 18.1 Å². The third kappa shape index (κ3) is 4.14. The number of benzene rings is 3. The highest BCUT2D eigenvalue weighted by Gasteiger charge is 2.37. The van der Waals surface area contributed by atoms with E-state index in [0.29, 0.717) is 22.6 Å². The molecular formula is C28H26N2O5. The largest absolute Gasteiger partial charge is 0.488 e. The number of carbonyl (C=O) groups is 3. The molecule has 1 N–H and O–H groups in total. The number of anilines is 1. The fraction of sp³-hybridized carbons (Fsp3) is 0.250. The maximum atomic E-state index is 13.0. The van der Waals surface area contributed by atoms with Gasteiger partial charge in [-0.15, -0.1) is 0 Å². The van der Waals surface area contributed by atoms with E-state index >= 15 is 0 Å². The SMILES string of the molecule is Cc1ccccc1N1C(=O)c2ccc(C(=O)NCCOc3cccc4c3OC(C)(C)C4)cc2C1=O. The maximum Gasteiger partial charge on any atom is 0.266 e. The molecule has 2 aliphatic rings. The Morgan fingerprint density at radius 2 is 1.80 bits per heavy atom. The van der Waals surface area contributed by atoms with E-state index in [-0.39, 0.29) is 36.1 Å². The van der Waals surface area contributed by atoms with Crippen molar-refractivity contribution >= 4 is 23.4 Å². The number of fused-ring (bicyclic) bond motifs is 2. The first-order chi connectivity index (χ1) is 16.7. The predicted octanol–water partition coefficient (Wildman–Crippen LogP) is 4.32. The molecule has 35 heavy (non-hydrogen) atoms. The van der Waals surface area contributed by atoms with E-state index in [2.05, 4.69) is 5.32 Å². The van der Waals surface area contributed by atoms with Gasteiger partial charge in [-0.3, -0.25) is 14.4 Å². The first-order valence-corrected chi connectivity index (χ1v) is 11.6. The van der Waals surface area contributed by atoms with E-state index in [4.69, 9.17) is 9.47 Å². The summed E-state index contributed by atoms with van der Waals surface area (Å²) in [7, 11) is 0. The molecule has 5 rings (SSSR count). The summed E-state index contributed by atoms with van der Waals surface area (Å²) in [5.41, 5.74) is 3.02. The second-order valence-corrected chi connectivity index (χ2v) is 9.38. The number of hydrogen-bond acceptors (Lipinski definition) is 5. The zero-order valence-corrected chi connectivity index (χ0v) is 19.9. The lowest BCUT2D eigenvalue weighted by Crippen LogP contribution is -2.30. The van der Waals surface area contributed by atoms with Crippen LogP contribution >= 0.6 is 0 Å². The zero-order chi connectivity index (χ0) is 24.7. The smallest absolute Gasteiger partial charge is 0.266 e. The molecule has 3 amide bonds. The van der Waals surface area contributed by atoms with Crippen LogP contribution in [0.4, 0.5) is 5.69 Å². The minimum atomic E-state index is -0.432. The summed E-state index contributed by atoms with van der Waals surface area (Å²) in [6.45, 7) is 6.44. The van der Waals surface area contributed by atoms with Crippen LogP contribution in [0.5, 0.6) is 11.5 Å². The Morgan fingerprint density at radius 3 is 2.60 bits per heavy atom. The van der Waals surface area contributed by atoms with Gasteiger partial charge in [0, 0.05) is 17.5 Å². The van der Waals surface area contributed by atoms with Crippen LogP contribution in [0.25, 0.3) is 0 Å². The van der Waals surface area contributed by atoms with Crippen molar-refractivity contribution in [1.82, 2.24) is 5.32 Å². The first kappa shape index (κ1) is 22.7. The predicted molar refractivity (Wildman–Crippen MR) is 131 cm³/mol. The number of nitrogens with one attached hydrogen (secondary N) is 1. The molecule has 3 aromatic carbocycles. The van der Waals surface area contributed by atoms with Gasteiger partial charge in [0.25, 0.3) is 17.7 Å². The topological polar surface area (TPSA) is 84.9 Å². The van der Waals surface area contributed by atoms with E-state index in [1.54, 1.807) is 18.2 Å². The van der Waals surface area contributed by atoms with Gasteiger partial charge in [-0.05, 0) is 56.7 Å². The standard InChI is InChI=1S/C28H26N2O5/c1-17-7-4-5-9-22(17)30-26(32)20-12-11-18(15-21(20)27(30)33)25(31)29-13-14-34-23-10-6-8-19-16-28(2,3)35-24(19)23/h4-12,15H,13-14,16H2,1-3H3,(H,29,31). The van der Waals surface area contributed by atoms with Crippen LogP contribution in [0.3, 0.4) is 0 Å². The van der Waals surface area contributed by atoms with Crippen LogP contribution < -0.4 is 19.7 Å². The number of para-hydroxylation sites is 2. The van der Waals surface area contributed by atoms with Crippen molar-refractivity contribution in [3.63, 3.8) is 0 Å². The minimum Gasteiger partial charge on any atom is -0.488 e. The van der Waals surface area contributed by atoms with Crippen LogP contribution in [0, 0.1) is 6.92 Å². The third-order valence-corrected chi connectivity index (χ3v) is 6.21. The molecule has 2 aliphatic heterocycles. The average Bonchev–Trinajstić information content (AvgIpc) is 3.28. The van der Waals surface area contributed by atoms with Crippen molar-refractivity contribution < 1.29 is 23.9 Å². The summed E-state index contributed by atoms with van der Waals surface area (Å²) >= 11 is 0. The fourth-order valence-corrected chi connectivity index (χ4v) is 4.54. The van der Waals surface area contributed by atoms with E-state index < -0.39 is 5.91 Å². The highest BCUT2D eigenvalue weighted by Crippen LogP contribution is 2.41. The van der Waals surface area contributed by atoms with E-state index in [9.17, 15) is 14.4 Å². The molecule has 0 saturated carbocycles. The van der Waals surface area contributed by atoms with Crippen molar-refractivity contribution in [3.05, 3.63) is 88.5 Å². The second-order valence-electron chi connectivity index (χ2n) is 9.38. The van der Waals surface area contributed by atoms with Crippen LogP contribution in [-0.2, 0) is 6.42 Å². The Labute approximate surface area is 203 Å². The normalized spacial score (nSPS) is 15.5. The molecule has 178 valence electrons. The Bertz CT molecular complexity index is 1360. The van der Waals surface area contributed by atoms with Gasteiger partial charge >= 0.3 is 0 Å². The van der Waals surface area contributed by atoms with Crippen molar-refractivity contribution in [2.45, 2.75) is 32.8 Å². The molecule has 0 saturated heterocycles. The molecule has 0 aromatic heterocycles. The van der Waals surface area contributed by atoms with Crippen LogP contribution in [0.2, 0.25) is 0 Å². The maximum absolute atomic E-state index is 13.0. The number of rotatable bonds is 6. The molecule has 7 nitrogen and oxygen atoms in total. The number of nitrogens with zero attached hydrogens (tertiary/aromatic N) is 1. The van der Waals surface area contributed by atoms with Crippen molar-refractivity contribution in [3.8, 4) is 11.5 Å². The quantitative estimate of drug-likeness (QED) is 0.429. The van der Waals surface area contributed by atoms with Gasteiger partial charge in [0.05, 0.1) is 23.4 Å². The van der Waals surface area contributed by atoms with Gasteiger partial charge in [0.1, 0.15) is 12.2 Å². The number of ether oxygens (including phenoxy) is 2. The molecule has 0 bridgehead atoms.